The Morgan fingerprint density at radius 2 is 1.70 bits per heavy atom. The van der Waals surface area contributed by atoms with Gasteiger partial charge in [0.2, 0.25) is 0 Å². The van der Waals surface area contributed by atoms with Gasteiger partial charge in [0.1, 0.15) is 0 Å². The zero-order valence-electron chi connectivity index (χ0n) is 12.8. The smallest absolute Gasteiger partial charge is 0.0484 e. The Bertz CT molecular complexity index is 583. The SMILES string of the molecule is CCNC(CC(C)(C)C)c1ccc(Cl)c2ccccc12. The molecule has 2 rings (SSSR count). The van der Waals surface area contributed by atoms with Gasteiger partial charge in [0.25, 0.3) is 0 Å². The van der Waals surface area contributed by atoms with E-state index >= 15 is 0 Å². The molecule has 0 aliphatic heterocycles. The Labute approximate surface area is 127 Å². The molecule has 0 aliphatic carbocycles. The van der Waals surface area contributed by atoms with Crippen LogP contribution in [0.5, 0.6) is 0 Å². The van der Waals surface area contributed by atoms with Gasteiger partial charge in [-0.2, -0.15) is 0 Å². The standard InChI is InChI=1S/C18H24ClN/c1-5-20-17(12-18(2,3)4)15-10-11-16(19)14-9-7-6-8-13(14)15/h6-11,17,20H,5,12H2,1-4H3. The van der Waals surface area contributed by atoms with E-state index in [1.54, 1.807) is 0 Å². The van der Waals surface area contributed by atoms with Crippen molar-refractivity contribution in [3.05, 3.63) is 47.0 Å². The third kappa shape index (κ3) is 3.53. The lowest BCUT2D eigenvalue weighted by Gasteiger charge is -2.28. The fourth-order valence-electron chi connectivity index (χ4n) is 2.74. The van der Waals surface area contributed by atoms with E-state index < -0.39 is 0 Å². The highest BCUT2D eigenvalue weighted by molar-refractivity contribution is 6.35. The summed E-state index contributed by atoms with van der Waals surface area (Å²) in [6, 6.07) is 13.0. The molecule has 108 valence electrons. The van der Waals surface area contributed by atoms with E-state index in [9.17, 15) is 0 Å². The first-order valence-corrected chi connectivity index (χ1v) is 7.70. The van der Waals surface area contributed by atoms with Crippen molar-refractivity contribution in [1.82, 2.24) is 5.32 Å². The molecular weight excluding hydrogens is 266 g/mol. The lowest BCUT2D eigenvalue weighted by Crippen LogP contribution is -2.25. The van der Waals surface area contributed by atoms with E-state index in [1.165, 1.54) is 10.9 Å². The molecule has 0 bridgehead atoms. The minimum Gasteiger partial charge on any atom is -0.310 e. The Balaban J connectivity index is 2.51. The van der Waals surface area contributed by atoms with Gasteiger partial charge in [-0.25, -0.2) is 0 Å². The van der Waals surface area contributed by atoms with E-state index in [-0.39, 0.29) is 5.41 Å². The predicted molar refractivity (Wildman–Crippen MR) is 89.4 cm³/mol. The normalized spacial score (nSPS) is 13.7. The van der Waals surface area contributed by atoms with Gasteiger partial charge in [0.05, 0.1) is 0 Å². The average molecular weight is 290 g/mol. The number of rotatable bonds is 4. The largest absolute Gasteiger partial charge is 0.310 e. The summed E-state index contributed by atoms with van der Waals surface area (Å²) in [5.41, 5.74) is 1.63. The van der Waals surface area contributed by atoms with Crippen LogP contribution in [0.15, 0.2) is 36.4 Å². The summed E-state index contributed by atoms with van der Waals surface area (Å²) in [6.45, 7) is 9.99. The van der Waals surface area contributed by atoms with Crippen LogP contribution in [0.2, 0.25) is 5.02 Å². The minimum atomic E-state index is 0.285. The summed E-state index contributed by atoms with van der Waals surface area (Å²) in [4.78, 5) is 0. The van der Waals surface area contributed by atoms with E-state index in [2.05, 4.69) is 57.3 Å². The number of nitrogens with one attached hydrogen (secondary N) is 1. The molecule has 1 atom stereocenters. The quantitative estimate of drug-likeness (QED) is 0.775. The van der Waals surface area contributed by atoms with Crippen LogP contribution in [0.25, 0.3) is 10.8 Å². The summed E-state index contributed by atoms with van der Waals surface area (Å²) >= 11 is 6.32. The molecule has 0 saturated heterocycles. The first kappa shape index (κ1) is 15.3. The van der Waals surface area contributed by atoms with Crippen molar-refractivity contribution in [3.63, 3.8) is 0 Å². The van der Waals surface area contributed by atoms with E-state index in [1.807, 2.05) is 12.1 Å². The summed E-state index contributed by atoms with van der Waals surface area (Å²) in [5, 5.41) is 6.85. The number of fused-ring (bicyclic) bond motifs is 1. The molecule has 20 heavy (non-hydrogen) atoms. The highest BCUT2D eigenvalue weighted by Gasteiger charge is 2.21. The number of hydrogen-bond acceptors (Lipinski definition) is 1. The van der Waals surface area contributed by atoms with Crippen molar-refractivity contribution in [2.75, 3.05) is 6.54 Å². The van der Waals surface area contributed by atoms with Gasteiger partial charge in [-0.3, -0.25) is 0 Å². The van der Waals surface area contributed by atoms with Gasteiger partial charge in [0.15, 0.2) is 0 Å². The molecule has 1 nitrogen and oxygen atoms in total. The Morgan fingerprint density at radius 3 is 2.30 bits per heavy atom. The second kappa shape index (κ2) is 6.15. The topological polar surface area (TPSA) is 12.0 Å². The molecule has 0 fully saturated rings. The molecule has 2 aromatic carbocycles. The van der Waals surface area contributed by atoms with Gasteiger partial charge < -0.3 is 5.32 Å². The fraction of sp³-hybridized carbons (Fsp3) is 0.444. The molecule has 2 heteroatoms. The van der Waals surface area contributed by atoms with Crippen LogP contribution < -0.4 is 5.32 Å². The molecule has 0 amide bonds. The molecule has 0 aromatic heterocycles. The molecule has 1 N–H and O–H groups in total. The van der Waals surface area contributed by atoms with Crippen molar-refractivity contribution in [3.8, 4) is 0 Å². The maximum Gasteiger partial charge on any atom is 0.0484 e. The van der Waals surface area contributed by atoms with E-state index in [0.717, 1.165) is 23.4 Å². The van der Waals surface area contributed by atoms with Crippen molar-refractivity contribution >= 4 is 22.4 Å². The Hall–Kier alpha value is -1.05. The van der Waals surface area contributed by atoms with Crippen LogP contribution in [-0.2, 0) is 0 Å². The monoisotopic (exact) mass is 289 g/mol. The maximum atomic E-state index is 6.32. The van der Waals surface area contributed by atoms with Crippen LogP contribution in [0.4, 0.5) is 0 Å². The third-order valence-corrected chi connectivity index (χ3v) is 3.88. The Kier molecular flexibility index (Phi) is 4.72. The first-order chi connectivity index (χ1) is 9.42. The van der Waals surface area contributed by atoms with E-state index in [4.69, 9.17) is 11.6 Å². The molecule has 0 aliphatic rings. The van der Waals surface area contributed by atoms with Crippen molar-refractivity contribution in [2.45, 2.75) is 40.2 Å². The molecular formula is C18H24ClN. The first-order valence-electron chi connectivity index (χ1n) is 7.33. The number of hydrogen-bond donors (Lipinski definition) is 1. The second-order valence-corrected chi connectivity index (χ2v) is 6.96. The van der Waals surface area contributed by atoms with Gasteiger partial charge in [-0.15, -0.1) is 0 Å². The summed E-state index contributed by atoms with van der Waals surface area (Å²) in [5.74, 6) is 0. The summed E-state index contributed by atoms with van der Waals surface area (Å²) < 4.78 is 0. The molecule has 1 unspecified atom stereocenters. The van der Waals surface area contributed by atoms with Crippen molar-refractivity contribution in [1.29, 1.82) is 0 Å². The van der Waals surface area contributed by atoms with Gasteiger partial charge in [-0.05, 0) is 35.4 Å². The molecule has 0 heterocycles. The van der Waals surface area contributed by atoms with E-state index in [0.29, 0.717) is 6.04 Å². The zero-order valence-corrected chi connectivity index (χ0v) is 13.6. The van der Waals surface area contributed by atoms with Crippen LogP contribution >= 0.6 is 11.6 Å². The highest BCUT2D eigenvalue weighted by atomic mass is 35.5. The average Bonchev–Trinajstić information content (AvgIpc) is 2.37. The van der Waals surface area contributed by atoms with Gasteiger partial charge >= 0.3 is 0 Å². The van der Waals surface area contributed by atoms with Crippen LogP contribution in [0, 0.1) is 5.41 Å². The molecule has 0 spiro atoms. The van der Waals surface area contributed by atoms with Crippen LogP contribution in [0.1, 0.15) is 45.7 Å². The van der Waals surface area contributed by atoms with Crippen LogP contribution in [-0.4, -0.2) is 6.54 Å². The maximum absolute atomic E-state index is 6.32. The van der Waals surface area contributed by atoms with Gasteiger partial charge in [0, 0.05) is 16.5 Å². The van der Waals surface area contributed by atoms with Crippen LogP contribution in [0.3, 0.4) is 0 Å². The lowest BCUT2D eigenvalue weighted by molar-refractivity contribution is 0.315. The predicted octanol–water partition coefficient (Wildman–Crippen LogP) is 5.58. The number of halogens is 1. The molecule has 2 aromatic rings. The van der Waals surface area contributed by atoms with Gasteiger partial charge in [-0.1, -0.05) is 69.6 Å². The lowest BCUT2D eigenvalue weighted by atomic mass is 9.84. The van der Waals surface area contributed by atoms with Crippen molar-refractivity contribution < 1.29 is 0 Å². The fourth-order valence-corrected chi connectivity index (χ4v) is 2.97. The number of benzene rings is 2. The molecule has 0 saturated carbocycles. The summed E-state index contributed by atoms with van der Waals surface area (Å²) in [7, 11) is 0. The summed E-state index contributed by atoms with van der Waals surface area (Å²) in [6.07, 6.45) is 1.10. The second-order valence-electron chi connectivity index (χ2n) is 6.56. The minimum absolute atomic E-state index is 0.285. The highest BCUT2D eigenvalue weighted by Crippen LogP contribution is 2.35. The molecule has 0 radical (unpaired) electrons. The zero-order chi connectivity index (χ0) is 14.8. The third-order valence-electron chi connectivity index (χ3n) is 3.55. The van der Waals surface area contributed by atoms with Crippen molar-refractivity contribution in [2.24, 2.45) is 5.41 Å². The Morgan fingerprint density at radius 1 is 1.05 bits per heavy atom.